The molecule has 1 aliphatic carbocycles. The molecule has 33 heavy (non-hydrogen) atoms. The van der Waals surface area contributed by atoms with E-state index in [4.69, 9.17) is 21.9 Å². The van der Waals surface area contributed by atoms with E-state index in [9.17, 15) is 9.59 Å². The summed E-state index contributed by atoms with van der Waals surface area (Å²) in [6, 6.07) is 3.92. The number of amides is 1. The minimum absolute atomic E-state index is 0.0967. The third-order valence-electron chi connectivity index (χ3n) is 6.64. The van der Waals surface area contributed by atoms with Gasteiger partial charge in [-0.25, -0.2) is 4.98 Å². The van der Waals surface area contributed by atoms with Crippen molar-refractivity contribution in [2.75, 3.05) is 18.5 Å². The van der Waals surface area contributed by atoms with Gasteiger partial charge in [-0.1, -0.05) is 49.3 Å². The van der Waals surface area contributed by atoms with Crippen molar-refractivity contribution in [2.45, 2.75) is 64.0 Å². The molecule has 3 fully saturated rings. The van der Waals surface area contributed by atoms with Gasteiger partial charge in [0.25, 0.3) is 11.5 Å². The van der Waals surface area contributed by atoms with Crippen LogP contribution in [0.3, 0.4) is 0 Å². The Morgan fingerprint density at radius 3 is 2.82 bits per heavy atom. The zero-order chi connectivity index (χ0) is 22.9. The number of thiocarbonyl (C=S) groups is 1. The highest BCUT2D eigenvalue weighted by molar-refractivity contribution is 8.26. The summed E-state index contributed by atoms with van der Waals surface area (Å²) in [5.41, 5.74) is 1.68. The number of hydrogen-bond donors (Lipinski definition) is 1. The normalized spacial score (nSPS) is 23.2. The molecule has 1 atom stereocenters. The number of fused-ring (bicyclic) bond motifs is 1. The van der Waals surface area contributed by atoms with Crippen molar-refractivity contribution in [3.63, 3.8) is 0 Å². The first kappa shape index (κ1) is 22.6. The van der Waals surface area contributed by atoms with Crippen molar-refractivity contribution in [1.82, 2.24) is 14.3 Å². The van der Waals surface area contributed by atoms with E-state index in [0.29, 0.717) is 32.8 Å². The van der Waals surface area contributed by atoms with Crippen molar-refractivity contribution in [1.29, 1.82) is 0 Å². The lowest BCUT2D eigenvalue weighted by molar-refractivity contribution is -0.124. The second-order valence-corrected chi connectivity index (χ2v) is 10.6. The molecule has 0 spiro atoms. The number of hydrogen-bond acceptors (Lipinski definition) is 7. The highest BCUT2D eigenvalue weighted by Crippen LogP contribution is 2.37. The van der Waals surface area contributed by atoms with Crippen LogP contribution in [0.2, 0.25) is 0 Å². The van der Waals surface area contributed by atoms with Crippen LogP contribution in [0.5, 0.6) is 0 Å². The smallest absolute Gasteiger partial charge is 0.267 e. The Labute approximate surface area is 202 Å². The van der Waals surface area contributed by atoms with Gasteiger partial charge in [0.1, 0.15) is 15.8 Å². The molecule has 174 valence electrons. The molecule has 9 heteroatoms. The van der Waals surface area contributed by atoms with Gasteiger partial charge in [-0.2, -0.15) is 0 Å². The number of nitrogens with zero attached hydrogens (tertiary/aromatic N) is 3. The standard InChI is InChI=1S/C24H28N4O3S2/c1-15-7-5-11-27-21(15)26-20(25-14-17-10-6-12-31-17)18(22(27)29)13-19-23(30)28(24(32)33-19)16-8-3-2-4-9-16/h5,7,11,13,16-17,25H,2-4,6,8-10,12,14H2,1H3/b19-13+/t17-/m1/s1. The Bertz CT molecular complexity index is 1180. The second-order valence-electron chi connectivity index (χ2n) is 8.92. The van der Waals surface area contributed by atoms with Crippen molar-refractivity contribution >= 4 is 51.7 Å². The lowest BCUT2D eigenvalue weighted by Gasteiger charge is -2.29. The van der Waals surface area contributed by atoms with Gasteiger partial charge in [0.2, 0.25) is 0 Å². The summed E-state index contributed by atoms with van der Waals surface area (Å²) in [4.78, 5) is 33.8. The van der Waals surface area contributed by atoms with Gasteiger partial charge >= 0.3 is 0 Å². The fourth-order valence-electron chi connectivity index (χ4n) is 4.86. The minimum Gasteiger partial charge on any atom is -0.376 e. The fraction of sp³-hybridized carbons (Fsp3) is 0.500. The third kappa shape index (κ3) is 4.46. The van der Waals surface area contributed by atoms with E-state index in [1.54, 1.807) is 21.6 Å². The first-order valence-corrected chi connectivity index (χ1v) is 12.9. The summed E-state index contributed by atoms with van der Waals surface area (Å²) >= 11 is 6.85. The number of ether oxygens (including phenoxy) is 1. The summed E-state index contributed by atoms with van der Waals surface area (Å²) in [6.45, 7) is 3.26. The van der Waals surface area contributed by atoms with Crippen molar-refractivity contribution in [3.05, 3.63) is 44.7 Å². The quantitative estimate of drug-likeness (QED) is 0.505. The molecule has 0 bridgehead atoms. The molecule has 2 aliphatic heterocycles. The predicted molar refractivity (Wildman–Crippen MR) is 136 cm³/mol. The topological polar surface area (TPSA) is 75.9 Å². The number of aromatic nitrogens is 2. The lowest BCUT2D eigenvalue weighted by atomic mass is 9.94. The molecule has 0 radical (unpaired) electrons. The van der Waals surface area contributed by atoms with E-state index >= 15 is 0 Å². The maximum Gasteiger partial charge on any atom is 0.267 e. The van der Waals surface area contributed by atoms with Crippen molar-refractivity contribution < 1.29 is 9.53 Å². The maximum atomic E-state index is 13.5. The van der Waals surface area contributed by atoms with Crippen LogP contribution in [0.1, 0.15) is 56.1 Å². The molecule has 0 aromatic carbocycles. The average Bonchev–Trinajstić information content (AvgIpc) is 3.43. The van der Waals surface area contributed by atoms with E-state index in [1.165, 1.54) is 18.2 Å². The highest BCUT2D eigenvalue weighted by atomic mass is 32.2. The molecule has 1 amide bonds. The SMILES string of the molecule is Cc1cccn2c(=O)c(/C=C3/SC(=S)N(C4CCCCC4)C3=O)c(NC[C@H]3CCCO3)nc12. The minimum atomic E-state index is -0.207. The number of carbonyl (C=O) groups is 1. The van der Waals surface area contributed by atoms with Gasteiger partial charge in [0.05, 0.1) is 16.6 Å². The molecule has 4 heterocycles. The number of thioether (sulfide) groups is 1. The molecular formula is C24H28N4O3S2. The monoisotopic (exact) mass is 484 g/mol. The lowest BCUT2D eigenvalue weighted by Crippen LogP contribution is -2.39. The summed E-state index contributed by atoms with van der Waals surface area (Å²) in [7, 11) is 0. The summed E-state index contributed by atoms with van der Waals surface area (Å²) in [5, 5.41) is 3.33. The van der Waals surface area contributed by atoms with Crippen LogP contribution in [0, 0.1) is 6.92 Å². The molecule has 1 saturated carbocycles. The third-order valence-corrected chi connectivity index (χ3v) is 7.97. The summed E-state index contributed by atoms with van der Waals surface area (Å²) < 4.78 is 7.85. The Balaban J connectivity index is 1.53. The van der Waals surface area contributed by atoms with Gasteiger partial charge in [-0.3, -0.25) is 18.9 Å². The number of pyridine rings is 1. The highest BCUT2D eigenvalue weighted by Gasteiger charge is 2.37. The van der Waals surface area contributed by atoms with Crippen LogP contribution >= 0.6 is 24.0 Å². The molecule has 2 saturated heterocycles. The number of carbonyl (C=O) groups excluding carboxylic acids is 1. The molecule has 0 unspecified atom stereocenters. The molecule has 2 aromatic rings. The van der Waals surface area contributed by atoms with Crippen LogP contribution in [-0.2, 0) is 9.53 Å². The predicted octanol–water partition coefficient (Wildman–Crippen LogP) is 4.13. The van der Waals surface area contributed by atoms with Crippen LogP contribution in [0.4, 0.5) is 5.82 Å². The number of aryl methyl sites for hydroxylation is 1. The van der Waals surface area contributed by atoms with Crippen LogP contribution in [0.15, 0.2) is 28.0 Å². The van der Waals surface area contributed by atoms with Gasteiger partial charge < -0.3 is 10.1 Å². The Hall–Kier alpha value is -2.23. The van der Waals surface area contributed by atoms with Crippen LogP contribution in [-0.4, -0.2) is 49.8 Å². The van der Waals surface area contributed by atoms with E-state index in [0.717, 1.165) is 50.7 Å². The first-order chi connectivity index (χ1) is 16.0. The second kappa shape index (κ2) is 9.56. The van der Waals surface area contributed by atoms with E-state index < -0.39 is 0 Å². The van der Waals surface area contributed by atoms with Gasteiger partial charge in [0.15, 0.2) is 0 Å². The zero-order valence-corrected chi connectivity index (χ0v) is 20.3. The molecular weight excluding hydrogens is 456 g/mol. The van der Waals surface area contributed by atoms with Crippen LogP contribution in [0.25, 0.3) is 11.7 Å². The van der Waals surface area contributed by atoms with Gasteiger partial charge in [-0.05, 0) is 50.3 Å². The summed E-state index contributed by atoms with van der Waals surface area (Å²) in [6.07, 6.45) is 10.9. The largest absolute Gasteiger partial charge is 0.376 e. The average molecular weight is 485 g/mol. The number of nitrogens with one attached hydrogen (secondary N) is 1. The molecule has 2 aromatic heterocycles. The zero-order valence-electron chi connectivity index (χ0n) is 18.7. The van der Waals surface area contributed by atoms with E-state index in [-0.39, 0.29) is 23.6 Å². The molecule has 7 nitrogen and oxygen atoms in total. The Kier molecular flexibility index (Phi) is 6.53. The molecule has 5 rings (SSSR count). The van der Waals surface area contributed by atoms with Crippen molar-refractivity contribution in [3.8, 4) is 0 Å². The number of anilines is 1. The fourth-order valence-corrected chi connectivity index (χ4v) is 6.24. The maximum absolute atomic E-state index is 13.5. The molecule has 3 aliphatic rings. The first-order valence-electron chi connectivity index (χ1n) is 11.7. The van der Waals surface area contributed by atoms with Crippen molar-refractivity contribution in [2.24, 2.45) is 0 Å². The van der Waals surface area contributed by atoms with E-state index in [1.807, 2.05) is 19.1 Å². The van der Waals surface area contributed by atoms with Gasteiger partial charge in [0, 0.05) is 25.4 Å². The number of rotatable bonds is 5. The van der Waals surface area contributed by atoms with Crippen LogP contribution < -0.4 is 10.9 Å². The Morgan fingerprint density at radius 1 is 1.24 bits per heavy atom. The summed E-state index contributed by atoms with van der Waals surface area (Å²) in [5.74, 6) is 0.378. The Morgan fingerprint density at radius 2 is 2.06 bits per heavy atom. The van der Waals surface area contributed by atoms with Gasteiger partial charge in [-0.15, -0.1) is 0 Å². The molecule has 1 N–H and O–H groups in total. The van der Waals surface area contributed by atoms with E-state index in [2.05, 4.69) is 5.32 Å².